The fourth-order valence-electron chi connectivity index (χ4n) is 2.49. The van der Waals surface area contributed by atoms with Crippen LogP contribution < -0.4 is 10.6 Å². The summed E-state index contributed by atoms with van der Waals surface area (Å²) in [5.74, 6) is 1.10. The third-order valence-corrected chi connectivity index (χ3v) is 3.67. The van der Waals surface area contributed by atoms with Crippen molar-refractivity contribution in [1.29, 1.82) is 0 Å². The molecule has 0 aromatic carbocycles. The van der Waals surface area contributed by atoms with E-state index in [2.05, 4.69) is 25.5 Å². The quantitative estimate of drug-likeness (QED) is 0.697. The Morgan fingerprint density at radius 2 is 2.26 bits per heavy atom. The summed E-state index contributed by atoms with van der Waals surface area (Å²) in [6.07, 6.45) is 3.21. The summed E-state index contributed by atoms with van der Waals surface area (Å²) in [5, 5.41) is 6.14. The van der Waals surface area contributed by atoms with Gasteiger partial charge in [-0.15, -0.1) is 0 Å². The maximum atomic E-state index is 12.2. The van der Waals surface area contributed by atoms with Gasteiger partial charge in [0, 0.05) is 25.8 Å². The van der Waals surface area contributed by atoms with Crippen molar-refractivity contribution in [3.63, 3.8) is 0 Å². The molecule has 0 spiro atoms. The van der Waals surface area contributed by atoms with Crippen molar-refractivity contribution in [2.24, 2.45) is 0 Å². The van der Waals surface area contributed by atoms with Gasteiger partial charge < -0.3 is 20.3 Å². The molecule has 23 heavy (non-hydrogen) atoms. The molecule has 7 heteroatoms. The molecule has 128 valence electrons. The number of carbonyl (C=O) groups is 1. The smallest absolute Gasteiger partial charge is 0.270 e. The van der Waals surface area contributed by atoms with E-state index >= 15 is 0 Å². The number of hydrogen-bond donors (Lipinski definition) is 2. The van der Waals surface area contributed by atoms with E-state index in [9.17, 15) is 4.79 Å². The number of aryl methyl sites for hydroxylation is 1. The van der Waals surface area contributed by atoms with Crippen LogP contribution in [-0.4, -0.2) is 67.2 Å². The molecule has 1 atom stereocenters. The number of anilines is 1. The van der Waals surface area contributed by atoms with Gasteiger partial charge in [0.25, 0.3) is 5.91 Å². The summed E-state index contributed by atoms with van der Waals surface area (Å²) in [5.41, 5.74) is 0.394. The van der Waals surface area contributed by atoms with Crippen LogP contribution in [0.25, 0.3) is 0 Å². The number of aromatic nitrogens is 2. The molecule has 2 heterocycles. The lowest BCUT2D eigenvalue weighted by Crippen LogP contribution is -2.32. The van der Waals surface area contributed by atoms with Crippen molar-refractivity contribution in [1.82, 2.24) is 20.2 Å². The van der Waals surface area contributed by atoms with Crippen molar-refractivity contribution in [2.75, 3.05) is 45.7 Å². The third-order valence-electron chi connectivity index (χ3n) is 3.67. The molecule has 0 aliphatic carbocycles. The van der Waals surface area contributed by atoms with Crippen molar-refractivity contribution in [2.45, 2.75) is 32.3 Å². The third kappa shape index (κ3) is 6.11. The largest absolute Gasteiger partial charge is 0.376 e. The average Bonchev–Trinajstić information content (AvgIpc) is 3.02. The maximum Gasteiger partial charge on any atom is 0.270 e. The molecule has 2 rings (SSSR count). The average molecular weight is 321 g/mol. The van der Waals surface area contributed by atoms with Gasteiger partial charge in [-0.3, -0.25) is 4.79 Å². The Bertz CT molecular complexity index is 515. The molecular formula is C16H27N5O2. The molecule has 0 radical (unpaired) electrons. The molecule has 0 saturated carbocycles. The summed E-state index contributed by atoms with van der Waals surface area (Å²) >= 11 is 0. The van der Waals surface area contributed by atoms with Gasteiger partial charge >= 0.3 is 0 Å². The molecule has 1 aromatic rings. The number of hydrogen-bond acceptors (Lipinski definition) is 6. The van der Waals surface area contributed by atoms with Crippen LogP contribution in [0, 0.1) is 6.92 Å². The predicted molar refractivity (Wildman–Crippen MR) is 89.7 cm³/mol. The molecule has 1 fully saturated rings. The van der Waals surface area contributed by atoms with Crippen molar-refractivity contribution in [3.05, 3.63) is 17.6 Å². The Morgan fingerprint density at radius 1 is 1.43 bits per heavy atom. The molecule has 0 bridgehead atoms. The zero-order valence-electron chi connectivity index (χ0n) is 14.3. The standard InChI is InChI=1S/C16H27N5O2/c1-12-19-14(16(22)18-11-13-6-4-9-23-13)10-15(20-12)17-7-5-8-21(2)3/h10,13H,4-9,11H2,1-3H3,(H,18,22)(H,17,19,20). The molecule has 1 amide bonds. The second kappa shape index (κ2) is 8.79. The lowest BCUT2D eigenvalue weighted by Gasteiger charge is -2.12. The van der Waals surface area contributed by atoms with E-state index < -0.39 is 0 Å². The first-order valence-corrected chi connectivity index (χ1v) is 8.18. The summed E-state index contributed by atoms with van der Waals surface area (Å²) in [4.78, 5) is 22.9. The summed E-state index contributed by atoms with van der Waals surface area (Å²) in [6.45, 7) is 4.93. The Hall–Kier alpha value is -1.73. The minimum Gasteiger partial charge on any atom is -0.376 e. The first-order valence-electron chi connectivity index (χ1n) is 8.18. The van der Waals surface area contributed by atoms with Gasteiger partial charge in [-0.2, -0.15) is 0 Å². The lowest BCUT2D eigenvalue weighted by atomic mass is 10.2. The van der Waals surface area contributed by atoms with Crippen molar-refractivity contribution in [3.8, 4) is 0 Å². The number of nitrogens with zero attached hydrogens (tertiary/aromatic N) is 3. The van der Waals surface area contributed by atoms with Crippen LogP contribution in [0.1, 0.15) is 35.6 Å². The Balaban J connectivity index is 1.86. The van der Waals surface area contributed by atoms with Gasteiger partial charge in [-0.1, -0.05) is 0 Å². The van der Waals surface area contributed by atoms with E-state index in [0.717, 1.165) is 39.0 Å². The van der Waals surface area contributed by atoms with E-state index in [1.54, 1.807) is 13.0 Å². The molecule has 1 unspecified atom stereocenters. The van der Waals surface area contributed by atoms with Gasteiger partial charge in [0.15, 0.2) is 0 Å². The lowest BCUT2D eigenvalue weighted by molar-refractivity contribution is 0.0853. The van der Waals surface area contributed by atoms with E-state index in [1.165, 1.54) is 0 Å². The first-order chi connectivity index (χ1) is 11.0. The van der Waals surface area contributed by atoms with Crippen molar-refractivity contribution < 1.29 is 9.53 Å². The number of nitrogens with one attached hydrogen (secondary N) is 2. The number of amides is 1. The normalized spacial score (nSPS) is 17.5. The van der Waals surface area contributed by atoms with E-state index in [1.807, 2.05) is 14.1 Å². The number of ether oxygens (including phenoxy) is 1. The van der Waals surface area contributed by atoms with Crippen LogP contribution in [0.15, 0.2) is 6.07 Å². The van der Waals surface area contributed by atoms with Crippen LogP contribution in [0.3, 0.4) is 0 Å². The minimum absolute atomic E-state index is 0.130. The molecule has 1 aromatic heterocycles. The highest BCUT2D eigenvalue weighted by atomic mass is 16.5. The monoisotopic (exact) mass is 321 g/mol. The number of rotatable bonds is 8. The molecular weight excluding hydrogens is 294 g/mol. The van der Waals surface area contributed by atoms with Gasteiger partial charge in [-0.05, 0) is 46.8 Å². The van der Waals surface area contributed by atoms with Gasteiger partial charge in [0.1, 0.15) is 17.3 Å². The molecule has 1 aliphatic rings. The van der Waals surface area contributed by atoms with E-state index in [0.29, 0.717) is 23.9 Å². The predicted octanol–water partition coefficient (Wildman–Crippen LogP) is 1.06. The highest BCUT2D eigenvalue weighted by molar-refractivity contribution is 5.92. The summed E-state index contributed by atoms with van der Waals surface area (Å²) in [6, 6.07) is 1.70. The van der Waals surface area contributed by atoms with Crippen LogP contribution in [-0.2, 0) is 4.74 Å². The zero-order chi connectivity index (χ0) is 16.7. The van der Waals surface area contributed by atoms with Crippen LogP contribution in [0.2, 0.25) is 0 Å². The number of carbonyl (C=O) groups excluding carboxylic acids is 1. The zero-order valence-corrected chi connectivity index (χ0v) is 14.3. The van der Waals surface area contributed by atoms with E-state index in [-0.39, 0.29) is 12.0 Å². The Kier molecular flexibility index (Phi) is 6.73. The highest BCUT2D eigenvalue weighted by Crippen LogP contribution is 2.11. The molecule has 2 N–H and O–H groups in total. The van der Waals surface area contributed by atoms with E-state index in [4.69, 9.17) is 4.74 Å². The SMILES string of the molecule is Cc1nc(NCCCN(C)C)cc(C(=O)NCC2CCCO2)n1. The van der Waals surface area contributed by atoms with Gasteiger partial charge in [-0.25, -0.2) is 9.97 Å². The van der Waals surface area contributed by atoms with Gasteiger partial charge in [0.2, 0.25) is 0 Å². The highest BCUT2D eigenvalue weighted by Gasteiger charge is 2.17. The summed E-state index contributed by atoms with van der Waals surface area (Å²) < 4.78 is 5.51. The second-order valence-corrected chi connectivity index (χ2v) is 6.11. The molecule has 1 saturated heterocycles. The second-order valence-electron chi connectivity index (χ2n) is 6.11. The topological polar surface area (TPSA) is 79.4 Å². The van der Waals surface area contributed by atoms with Crippen LogP contribution >= 0.6 is 0 Å². The van der Waals surface area contributed by atoms with Crippen molar-refractivity contribution >= 4 is 11.7 Å². The minimum atomic E-state index is -0.178. The summed E-state index contributed by atoms with van der Waals surface area (Å²) in [7, 11) is 4.09. The van der Waals surface area contributed by atoms with Gasteiger partial charge in [0.05, 0.1) is 6.10 Å². The van der Waals surface area contributed by atoms with Crippen LogP contribution in [0.4, 0.5) is 5.82 Å². The van der Waals surface area contributed by atoms with Crippen LogP contribution in [0.5, 0.6) is 0 Å². The maximum absolute atomic E-state index is 12.2. The molecule has 1 aliphatic heterocycles. The fraction of sp³-hybridized carbons (Fsp3) is 0.688. The molecule has 7 nitrogen and oxygen atoms in total. The Morgan fingerprint density at radius 3 is 2.96 bits per heavy atom. The first kappa shape index (κ1) is 17.6. The fourth-order valence-corrected chi connectivity index (χ4v) is 2.49. The Labute approximate surface area is 137 Å².